The van der Waals surface area contributed by atoms with Crippen LogP contribution in [-0.4, -0.2) is 18.0 Å². The van der Waals surface area contributed by atoms with Gasteiger partial charge < -0.3 is 19.5 Å². The third-order valence-corrected chi connectivity index (χ3v) is 2.93. The number of aromatic nitrogens is 1. The largest absolute Gasteiger partial charge is 0.467 e. The number of hydrogen-bond donors (Lipinski definition) is 2. The van der Waals surface area contributed by atoms with E-state index in [0.717, 1.165) is 11.5 Å². The molecule has 2 aromatic heterocycles. The number of oxazole rings is 1. The molecule has 0 saturated carbocycles. The fraction of sp³-hybridized carbons (Fsp3) is 0.467. The van der Waals surface area contributed by atoms with E-state index in [2.05, 4.69) is 41.4 Å². The lowest BCUT2D eigenvalue weighted by atomic mass is 9.94. The van der Waals surface area contributed by atoms with Crippen LogP contribution in [0, 0.1) is 0 Å². The summed E-state index contributed by atoms with van der Waals surface area (Å²) >= 11 is 0. The van der Waals surface area contributed by atoms with Crippen molar-refractivity contribution < 1.29 is 8.83 Å². The Bertz CT molecular complexity index is 579. The van der Waals surface area contributed by atoms with Crippen molar-refractivity contribution >= 4 is 5.96 Å². The molecule has 21 heavy (non-hydrogen) atoms. The quantitative estimate of drug-likeness (QED) is 0.668. The van der Waals surface area contributed by atoms with Gasteiger partial charge >= 0.3 is 0 Å². The molecule has 2 heterocycles. The standard InChI is InChI=1S/C15H22N4O2/c1-15(2,3)12-9-17-13(21-12)10-19-14(16-4)18-8-11-6-5-7-20-11/h5-7,9H,8,10H2,1-4H3,(H2,16,18,19). The van der Waals surface area contributed by atoms with E-state index in [1.807, 2.05) is 12.1 Å². The van der Waals surface area contributed by atoms with E-state index in [9.17, 15) is 0 Å². The number of guanidine groups is 1. The van der Waals surface area contributed by atoms with Crippen LogP contribution in [0.15, 0.2) is 38.4 Å². The molecule has 0 fully saturated rings. The van der Waals surface area contributed by atoms with Crippen molar-refractivity contribution in [3.05, 3.63) is 42.0 Å². The van der Waals surface area contributed by atoms with Crippen LogP contribution in [0.4, 0.5) is 0 Å². The molecule has 6 nitrogen and oxygen atoms in total. The maximum Gasteiger partial charge on any atom is 0.213 e. The van der Waals surface area contributed by atoms with Gasteiger partial charge in [0.25, 0.3) is 0 Å². The number of nitrogens with zero attached hydrogens (tertiary/aromatic N) is 2. The Kier molecular flexibility index (Phi) is 4.67. The molecule has 2 aromatic rings. The number of nitrogens with one attached hydrogen (secondary N) is 2. The first-order valence-corrected chi connectivity index (χ1v) is 6.91. The minimum atomic E-state index is -0.0372. The summed E-state index contributed by atoms with van der Waals surface area (Å²) in [5, 5.41) is 6.31. The predicted octanol–water partition coefficient (Wildman–Crippen LogP) is 2.43. The predicted molar refractivity (Wildman–Crippen MR) is 80.9 cm³/mol. The van der Waals surface area contributed by atoms with Crippen LogP contribution in [-0.2, 0) is 18.5 Å². The zero-order valence-corrected chi connectivity index (χ0v) is 12.9. The van der Waals surface area contributed by atoms with Crippen molar-refractivity contribution in [3.63, 3.8) is 0 Å². The first kappa shape index (κ1) is 15.2. The summed E-state index contributed by atoms with van der Waals surface area (Å²) in [6.45, 7) is 7.33. The molecule has 2 N–H and O–H groups in total. The van der Waals surface area contributed by atoms with Crippen molar-refractivity contribution in [2.75, 3.05) is 7.05 Å². The average Bonchev–Trinajstić information content (AvgIpc) is 3.09. The molecule has 0 aromatic carbocycles. The number of furan rings is 1. The number of aliphatic imine (C=N–C) groups is 1. The SMILES string of the molecule is CN=C(NCc1ccco1)NCc1ncc(C(C)(C)C)o1. The van der Waals surface area contributed by atoms with E-state index in [4.69, 9.17) is 8.83 Å². The van der Waals surface area contributed by atoms with E-state index in [1.165, 1.54) is 0 Å². The maximum atomic E-state index is 5.72. The van der Waals surface area contributed by atoms with Gasteiger partial charge in [-0.05, 0) is 12.1 Å². The van der Waals surface area contributed by atoms with Crippen molar-refractivity contribution in [1.82, 2.24) is 15.6 Å². The normalized spacial score (nSPS) is 12.5. The van der Waals surface area contributed by atoms with E-state index in [-0.39, 0.29) is 5.41 Å². The van der Waals surface area contributed by atoms with E-state index < -0.39 is 0 Å². The lowest BCUT2D eigenvalue weighted by Gasteiger charge is -2.13. The van der Waals surface area contributed by atoms with Gasteiger partial charge in [-0.2, -0.15) is 0 Å². The third kappa shape index (κ3) is 4.37. The van der Waals surface area contributed by atoms with E-state index in [0.29, 0.717) is 24.9 Å². The molecular formula is C15H22N4O2. The Balaban J connectivity index is 1.84. The van der Waals surface area contributed by atoms with Crippen LogP contribution in [0.5, 0.6) is 0 Å². The Morgan fingerprint density at radius 2 is 2.05 bits per heavy atom. The highest BCUT2D eigenvalue weighted by Gasteiger charge is 2.19. The fourth-order valence-corrected chi connectivity index (χ4v) is 1.70. The minimum absolute atomic E-state index is 0.0372. The van der Waals surface area contributed by atoms with Gasteiger partial charge in [0.1, 0.15) is 11.5 Å². The van der Waals surface area contributed by atoms with Gasteiger partial charge in [0.15, 0.2) is 5.96 Å². The lowest BCUT2D eigenvalue weighted by molar-refractivity contribution is 0.379. The van der Waals surface area contributed by atoms with Crippen LogP contribution < -0.4 is 10.6 Å². The Labute approximate surface area is 124 Å². The second-order valence-corrected chi connectivity index (χ2v) is 5.73. The Morgan fingerprint density at radius 3 is 2.62 bits per heavy atom. The molecule has 2 rings (SSSR count). The summed E-state index contributed by atoms with van der Waals surface area (Å²) in [6.07, 6.45) is 3.42. The van der Waals surface area contributed by atoms with Gasteiger partial charge in [-0.15, -0.1) is 0 Å². The lowest BCUT2D eigenvalue weighted by Crippen LogP contribution is -2.36. The van der Waals surface area contributed by atoms with Gasteiger partial charge in [-0.3, -0.25) is 4.99 Å². The summed E-state index contributed by atoms with van der Waals surface area (Å²) in [6, 6.07) is 3.76. The molecule has 0 atom stereocenters. The average molecular weight is 290 g/mol. The van der Waals surface area contributed by atoms with Crippen LogP contribution in [0.25, 0.3) is 0 Å². The first-order chi connectivity index (χ1) is 9.99. The molecule has 0 radical (unpaired) electrons. The first-order valence-electron chi connectivity index (χ1n) is 6.91. The van der Waals surface area contributed by atoms with Gasteiger partial charge in [0.05, 0.1) is 25.5 Å². The van der Waals surface area contributed by atoms with E-state index in [1.54, 1.807) is 19.5 Å². The second-order valence-electron chi connectivity index (χ2n) is 5.73. The molecule has 0 saturated heterocycles. The highest BCUT2D eigenvalue weighted by molar-refractivity contribution is 5.79. The molecule has 0 amide bonds. The Morgan fingerprint density at radius 1 is 1.29 bits per heavy atom. The summed E-state index contributed by atoms with van der Waals surface area (Å²) in [5.74, 6) is 3.03. The van der Waals surface area contributed by atoms with Crippen LogP contribution >= 0.6 is 0 Å². The maximum absolute atomic E-state index is 5.72. The highest BCUT2D eigenvalue weighted by Crippen LogP contribution is 2.22. The third-order valence-electron chi connectivity index (χ3n) is 2.93. The van der Waals surface area contributed by atoms with Crippen molar-refractivity contribution in [3.8, 4) is 0 Å². The van der Waals surface area contributed by atoms with Crippen LogP contribution in [0.3, 0.4) is 0 Å². The minimum Gasteiger partial charge on any atom is -0.467 e. The molecule has 0 bridgehead atoms. The molecule has 0 unspecified atom stereocenters. The smallest absolute Gasteiger partial charge is 0.213 e. The van der Waals surface area contributed by atoms with Crippen molar-refractivity contribution in [1.29, 1.82) is 0 Å². The van der Waals surface area contributed by atoms with Crippen LogP contribution in [0.2, 0.25) is 0 Å². The molecule has 114 valence electrons. The zero-order chi connectivity index (χ0) is 15.3. The molecule has 0 aliphatic carbocycles. The van der Waals surface area contributed by atoms with Gasteiger partial charge in [0, 0.05) is 12.5 Å². The molecule has 0 aliphatic heterocycles. The fourth-order valence-electron chi connectivity index (χ4n) is 1.70. The monoisotopic (exact) mass is 290 g/mol. The van der Waals surface area contributed by atoms with Crippen molar-refractivity contribution in [2.45, 2.75) is 39.3 Å². The molecule has 0 aliphatic rings. The van der Waals surface area contributed by atoms with Gasteiger partial charge in [-0.25, -0.2) is 4.98 Å². The molecular weight excluding hydrogens is 268 g/mol. The number of rotatable bonds is 4. The zero-order valence-electron chi connectivity index (χ0n) is 12.9. The van der Waals surface area contributed by atoms with Gasteiger partial charge in [-0.1, -0.05) is 20.8 Å². The van der Waals surface area contributed by atoms with Crippen LogP contribution in [0.1, 0.15) is 38.2 Å². The molecule has 6 heteroatoms. The molecule has 0 spiro atoms. The number of hydrogen-bond acceptors (Lipinski definition) is 4. The highest BCUT2D eigenvalue weighted by atomic mass is 16.4. The summed E-state index contributed by atoms with van der Waals surface area (Å²) in [7, 11) is 1.72. The summed E-state index contributed by atoms with van der Waals surface area (Å²) in [5.41, 5.74) is -0.0372. The Hall–Kier alpha value is -2.24. The van der Waals surface area contributed by atoms with E-state index >= 15 is 0 Å². The van der Waals surface area contributed by atoms with Gasteiger partial charge in [0.2, 0.25) is 5.89 Å². The van der Waals surface area contributed by atoms with Crippen molar-refractivity contribution in [2.24, 2.45) is 4.99 Å². The summed E-state index contributed by atoms with van der Waals surface area (Å²) in [4.78, 5) is 8.41. The topological polar surface area (TPSA) is 75.6 Å². The summed E-state index contributed by atoms with van der Waals surface area (Å²) < 4.78 is 11.0. The second kappa shape index (κ2) is 6.47.